The Labute approximate surface area is 172 Å². The molecule has 0 atom stereocenters. The zero-order chi connectivity index (χ0) is 21.1. The third-order valence-corrected chi connectivity index (χ3v) is 7.37. The van der Waals surface area contributed by atoms with Crippen molar-refractivity contribution in [2.45, 2.75) is 56.8 Å². The minimum atomic E-state index is -3.79. The molecule has 1 amide bonds. The molecule has 1 aromatic rings. The van der Waals surface area contributed by atoms with Crippen LogP contribution in [0.25, 0.3) is 0 Å². The van der Waals surface area contributed by atoms with Crippen molar-refractivity contribution in [2.75, 3.05) is 19.7 Å². The lowest BCUT2D eigenvalue weighted by Gasteiger charge is -2.45. The fourth-order valence-electron chi connectivity index (χ4n) is 4.79. The number of carbonyl (C=O) groups excluding carboxylic acids is 2. The van der Waals surface area contributed by atoms with E-state index in [0.717, 1.165) is 25.7 Å². The first-order valence-electron chi connectivity index (χ1n) is 10.4. The number of amides is 1. The third-order valence-electron chi connectivity index (χ3n) is 6.44. The lowest BCUT2D eigenvalue weighted by Crippen LogP contribution is -2.51. The van der Waals surface area contributed by atoms with Crippen LogP contribution < -0.4 is 5.14 Å². The largest absolute Gasteiger partial charge is 0.466 e. The topological polar surface area (TPSA) is 107 Å². The van der Waals surface area contributed by atoms with Crippen LogP contribution in [0.4, 0.5) is 0 Å². The van der Waals surface area contributed by atoms with Gasteiger partial charge in [0.05, 0.1) is 16.9 Å². The second-order valence-corrected chi connectivity index (χ2v) is 9.63. The number of esters is 1. The Morgan fingerprint density at radius 3 is 2.21 bits per heavy atom. The fourth-order valence-corrected chi connectivity index (χ4v) is 5.30. The van der Waals surface area contributed by atoms with Crippen molar-refractivity contribution in [3.8, 4) is 0 Å². The summed E-state index contributed by atoms with van der Waals surface area (Å²) >= 11 is 0. The van der Waals surface area contributed by atoms with E-state index in [4.69, 9.17) is 9.88 Å². The average Bonchev–Trinajstić information content (AvgIpc) is 2.73. The molecule has 1 heterocycles. The quantitative estimate of drug-likeness (QED) is 0.734. The Bertz CT molecular complexity index is 836. The number of hydrogen-bond acceptors (Lipinski definition) is 5. The van der Waals surface area contributed by atoms with Crippen LogP contribution in [0.1, 0.15) is 62.2 Å². The molecule has 0 bridgehead atoms. The molecule has 1 aliphatic carbocycles. The summed E-state index contributed by atoms with van der Waals surface area (Å²) in [5.74, 6) is 0.0465. The molecule has 1 saturated carbocycles. The van der Waals surface area contributed by atoms with Crippen LogP contribution in [0, 0.1) is 11.3 Å². The first kappa shape index (κ1) is 21.8. The first-order valence-corrected chi connectivity index (χ1v) is 11.9. The summed E-state index contributed by atoms with van der Waals surface area (Å²) in [5.41, 5.74) is -0.0799. The summed E-state index contributed by atoms with van der Waals surface area (Å²) in [6, 6.07) is 5.65. The van der Waals surface area contributed by atoms with Gasteiger partial charge in [0.2, 0.25) is 10.0 Å². The number of likely N-dealkylation sites (tertiary alicyclic amines) is 1. The van der Waals surface area contributed by atoms with Crippen molar-refractivity contribution < 1.29 is 22.7 Å². The number of nitrogens with zero attached hydrogens (tertiary/aromatic N) is 1. The van der Waals surface area contributed by atoms with Crippen molar-refractivity contribution in [3.63, 3.8) is 0 Å². The summed E-state index contributed by atoms with van der Waals surface area (Å²) in [7, 11) is -3.79. The summed E-state index contributed by atoms with van der Waals surface area (Å²) in [4.78, 5) is 27.5. The molecule has 8 heteroatoms. The number of rotatable bonds is 5. The molecule has 1 aliphatic heterocycles. The van der Waals surface area contributed by atoms with Gasteiger partial charge in [0.15, 0.2) is 0 Å². The lowest BCUT2D eigenvalue weighted by atomic mass is 9.63. The maximum absolute atomic E-state index is 12.9. The van der Waals surface area contributed by atoms with Crippen molar-refractivity contribution in [2.24, 2.45) is 16.5 Å². The molecule has 0 radical (unpaired) electrons. The number of ether oxygens (including phenoxy) is 1. The molecular weight excluding hydrogens is 392 g/mol. The predicted molar refractivity (Wildman–Crippen MR) is 109 cm³/mol. The van der Waals surface area contributed by atoms with E-state index in [2.05, 4.69) is 0 Å². The molecule has 2 N–H and O–H groups in total. The zero-order valence-corrected chi connectivity index (χ0v) is 17.7. The summed E-state index contributed by atoms with van der Waals surface area (Å²) < 4.78 is 28.2. The number of piperidine rings is 1. The van der Waals surface area contributed by atoms with Crippen LogP contribution in [0.3, 0.4) is 0 Å². The monoisotopic (exact) mass is 422 g/mol. The van der Waals surface area contributed by atoms with Crippen LogP contribution in [0.15, 0.2) is 29.2 Å². The number of benzene rings is 1. The molecular formula is C21H30N2O5S. The van der Waals surface area contributed by atoms with Gasteiger partial charge in [-0.1, -0.05) is 19.3 Å². The molecule has 7 nitrogen and oxygen atoms in total. The summed E-state index contributed by atoms with van der Waals surface area (Å²) in [6.45, 7) is 3.18. The molecule has 1 saturated heterocycles. The molecule has 0 unspecified atom stereocenters. The SMILES string of the molecule is CCOC(=O)C1(C2CCCCC2)CCN(C(=O)c2ccc(S(N)(=O)=O)cc2)CC1. The number of carbonyl (C=O) groups is 2. The van der Waals surface area contributed by atoms with Gasteiger partial charge < -0.3 is 9.64 Å². The Hall–Kier alpha value is -1.93. The van der Waals surface area contributed by atoms with Crippen LogP contribution in [-0.2, 0) is 19.6 Å². The number of nitrogens with two attached hydrogens (primary N) is 1. The van der Waals surface area contributed by atoms with E-state index in [1.165, 1.54) is 30.7 Å². The van der Waals surface area contributed by atoms with Gasteiger partial charge in [0, 0.05) is 18.7 Å². The zero-order valence-electron chi connectivity index (χ0n) is 16.9. The summed E-state index contributed by atoms with van der Waals surface area (Å²) in [5, 5.41) is 5.11. The van der Waals surface area contributed by atoms with E-state index in [1.807, 2.05) is 6.92 Å². The Morgan fingerprint density at radius 1 is 1.10 bits per heavy atom. The smallest absolute Gasteiger partial charge is 0.312 e. The highest BCUT2D eigenvalue weighted by Crippen LogP contribution is 2.47. The van der Waals surface area contributed by atoms with Gasteiger partial charge in [-0.3, -0.25) is 9.59 Å². The molecule has 0 spiro atoms. The second-order valence-electron chi connectivity index (χ2n) is 8.07. The predicted octanol–water partition coefficient (Wildman–Crippen LogP) is 2.70. The van der Waals surface area contributed by atoms with E-state index < -0.39 is 15.4 Å². The Kier molecular flexibility index (Phi) is 6.63. The molecule has 3 rings (SSSR count). The number of sulfonamides is 1. The standard InChI is InChI=1S/C21H30N2O5S/c1-2-28-20(25)21(17-6-4-3-5-7-17)12-14-23(15-13-21)19(24)16-8-10-18(11-9-16)29(22,26)27/h8-11,17H,2-7,12-15H2,1H3,(H2,22,26,27). The van der Waals surface area contributed by atoms with Crippen LogP contribution in [0.5, 0.6) is 0 Å². The fraction of sp³-hybridized carbons (Fsp3) is 0.619. The van der Waals surface area contributed by atoms with Gasteiger partial charge in [-0.25, -0.2) is 13.6 Å². The average molecular weight is 423 g/mol. The molecule has 160 valence electrons. The van der Waals surface area contributed by atoms with E-state index >= 15 is 0 Å². The van der Waals surface area contributed by atoms with Gasteiger partial charge in [0.1, 0.15) is 0 Å². The highest BCUT2D eigenvalue weighted by molar-refractivity contribution is 7.89. The lowest BCUT2D eigenvalue weighted by molar-refractivity contribution is -0.164. The second kappa shape index (κ2) is 8.83. The van der Waals surface area contributed by atoms with E-state index in [9.17, 15) is 18.0 Å². The third kappa shape index (κ3) is 4.64. The maximum atomic E-state index is 12.9. The van der Waals surface area contributed by atoms with Gasteiger partial charge in [-0.15, -0.1) is 0 Å². The molecule has 1 aromatic carbocycles. The van der Waals surface area contributed by atoms with Gasteiger partial charge in [-0.05, 0) is 62.8 Å². The normalized spacial score (nSPS) is 20.3. The molecule has 29 heavy (non-hydrogen) atoms. The van der Waals surface area contributed by atoms with Crippen molar-refractivity contribution in [1.82, 2.24) is 4.90 Å². The molecule has 0 aromatic heterocycles. The first-order chi connectivity index (χ1) is 13.8. The molecule has 2 fully saturated rings. The molecule has 2 aliphatic rings. The maximum Gasteiger partial charge on any atom is 0.312 e. The number of primary sulfonamides is 1. The number of hydrogen-bond donors (Lipinski definition) is 1. The Morgan fingerprint density at radius 2 is 1.69 bits per heavy atom. The van der Waals surface area contributed by atoms with E-state index in [0.29, 0.717) is 44.0 Å². The van der Waals surface area contributed by atoms with Crippen molar-refractivity contribution in [3.05, 3.63) is 29.8 Å². The van der Waals surface area contributed by atoms with Crippen LogP contribution in [0.2, 0.25) is 0 Å². The van der Waals surface area contributed by atoms with E-state index in [1.54, 1.807) is 4.90 Å². The minimum Gasteiger partial charge on any atom is -0.466 e. The highest BCUT2D eigenvalue weighted by Gasteiger charge is 2.49. The van der Waals surface area contributed by atoms with E-state index in [-0.39, 0.29) is 16.8 Å². The summed E-state index contributed by atoms with van der Waals surface area (Å²) in [6.07, 6.45) is 6.81. The van der Waals surface area contributed by atoms with Gasteiger partial charge in [-0.2, -0.15) is 0 Å². The van der Waals surface area contributed by atoms with Gasteiger partial charge in [0.25, 0.3) is 5.91 Å². The van der Waals surface area contributed by atoms with Crippen LogP contribution in [-0.4, -0.2) is 44.9 Å². The Balaban J connectivity index is 1.72. The van der Waals surface area contributed by atoms with Gasteiger partial charge >= 0.3 is 5.97 Å². The van der Waals surface area contributed by atoms with Crippen LogP contribution >= 0.6 is 0 Å². The van der Waals surface area contributed by atoms with Crippen molar-refractivity contribution >= 4 is 21.9 Å². The minimum absolute atomic E-state index is 0.0219. The van der Waals surface area contributed by atoms with Crippen molar-refractivity contribution in [1.29, 1.82) is 0 Å². The highest BCUT2D eigenvalue weighted by atomic mass is 32.2.